The molecule has 2 nitrogen and oxygen atoms in total. The highest BCUT2D eigenvalue weighted by Gasteiger charge is 2.33. The molecule has 29 heavy (non-hydrogen) atoms. The van der Waals surface area contributed by atoms with Gasteiger partial charge in [-0.05, 0) is 25.1 Å². The Morgan fingerprint density at radius 3 is 2.24 bits per heavy atom. The summed E-state index contributed by atoms with van der Waals surface area (Å²) in [7, 11) is 0. The predicted octanol–water partition coefficient (Wildman–Crippen LogP) is 3.01. The van der Waals surface area contributed by atoms with Crippen LogP contribution >= 0.6 is 0 Å². The molecule has 0 N–H and O–H groups in total. The van der Waals surface area contributed by atoms with Crippen molar-refractivity contribution in [2.75, 3.05) is 0 Å². The summed E-state index contributed by atoms with van der Waals surface area (Å²) in [4.78, 5) is 5.15. The van der Waals surface area contributed by atoms with E-state index in [1.165, 1.54) is 38.5 Å². The van der Waals surface area contributed by atoms with Crippen molar-refractivity contribution in [2.45, 2.75) is 13.5 Å². The first-order valence-corrected chi connectivity index (χ1v) is 9.81. The van der Waals surface area contributed by atoms with Gasteiger partial charge in [0.15, 0.2) is 0 Å². The van der Waals surface area contributed by atoms with Crippen LogP contribution in [0.2, 0.25) is 0 Å². The van der Waals surface area contributed by atoms with E-state index in [4.69, 9.17) is 4.98 Å². The highest BCUT2D eigenvalue weighted by atomic mass is 79.9. The molecule has 0 unspecified atom stereocenters. The van der Waals surface area contributed by atoms with Crippen molar-refractivity contribution in [1.82, 2.24) is 4.98 Å². The summed E-state index contributed by atoms with van der Waals surface area (Å²) in [5.41, 5.74) is 8.39. The van der Waals surface area contributed by atoms with Gasteiger partial charge in [-0.2, -0.15) is 4.57 Å². The van der Waals surface area contributed by atoms with Crippen LogP contribution in [0.5, 0.6) is 0 Å². The monoisotopic (exact) mass is 438 g/mol. The number of halogens is 1. The first-order valence-electron chi connectivity index (χ1n) is 9.81. The average molecular weight is 439 g/mol. The molecule has 0 saturated carbocycles. The Labute approximate surface area is 180 Å². The highest BCUT2D eigenvalue weighted by molar-refractivity contribution is 6.19. The molecule has 140 valence electrons. The molecule has 0 bridgehead atoms. The van der Waals surface area contributed by atoms with Crippen LogP contribution < -0.4 is 21.5 Å². The van der Waals surface area contributed by atoms with Crippen molar-refractivity contribution in [1.29, 1.82) is 0 Å². The lowest BCUT2D eigenvalue weighted by molar-refractivity contribution is -0.655. The number of hydrogen-bond donors (Lipinski definition) is 0. The van der Waals surface area contributed by atoms with E-state index in [9.17, 15) is 0 Å². The number of fused-ring (bicyclic) bond motifs is 5. The van der Waals surface area contributed by atoms with E-state index < -0.39 is 0 Å². The minimum atomic E-state index is 0. The quantitative estimate of drug-likeness (QED) is 0.300. The van der Waals surface area contributed by atoms with Crippen molar-refractivity contribution in [3.63, 3.8) is 0 Å². The van der Waals surface area contributed by atoms with Crippen molar-refractivity contribution >= 4 is 21.7 Å². The summed E-state index contributed by atoms with van der Waals surface area (Å²) < 4.78 is 2.44. The number of para-hydroxylation sites is 1. The second kappa shape index (κ2) is 6.78. The molecular weight excluding hydrogens is 420 g/mol. The summed E-state index contributed by atoms with van der Waals surface area (Å²) in [5.74, 6) is 0. The topological polar surface area (TPSA) is 16.8 Å². The van der Waals surface area contributed by atoms with E-state index in [1.54, 1.807) is 0 Å². The first kappa shape index (κ1) is 18.0. The van der Waals surface area contributed by atoms with E-state index in [-0.39, 0.29) is 17.0 Å². The largest absolute Gasteiger partial charge is 1.00 e. The summed E-state index contributed by atoms with van der Waals surface area (Å²) >= 11 is 0. The van der Waals surface area contributed by atoms with Gasteiger partial charge >= 0.3 is 0 Å². The van der Waals surface area contributed by atoms with Crippen LogP contribution in [0, 0.1) is 0 Å². The predicted molar refractivity (Wildman–Crippen MR) is 115 cm³/mol. The van der Waals surface area contributed by atoms with Gasteiger partial charge in [0.05, 0.1) is 27.7 Å². The van der Waals surface area contributed by atoms with Gasteiger partial charge in [0.2, 0.25) is 11.2 Å². The van der Waals surface area contributed by atoms with Crippen LogP contribution in [0.15, 0.2) is 84.9 Å². The molecule has 0 spiro atoms. The number of benzene rings is 3. The lowest BCUT2D eigenvalue weighted by Gasteiger charge is -2.10. The minimum absolute atomic E-state index is 0. The number of rotatable bonds is 2. The van der Waals surface area contributed by atoms with Crippen LogP contribution in [0.1, 0.15) is 6.92 Å². The standard InChI is InChI=1S/C26H19N2.BrH/c1-2-28-23-15-9-8-12-18(23)21-16-22(17-10-4-3-5-11-17)27-25-19-13-6-7-14-20(19)26(28)24(21)25;/h3-16H,2H2,1H3;1H/q+1;/p-1. The van der Waals surface area contributed by atoms with E-state index in [0.717, 1.165) is 23.5 Å². The van der Waals surface area contributed by atoms with E-state index in [2.05, 4.69) is 96.4 Å². The van der Waals surface area contributed by atoms with Gasteiger partial charge in [-0.15, -0.1) is 0 Å². The number of aromatic nitrogens is 2. The maximum Gasteiger partial charge on any atom is 0.223 e. The number of pyridine rings is 2. The summed E-state index contributed by atoms with van der Waals surface area (Å²) in [6.45, 7) is 3.15. The molecule has 3 aromatic carbocycles. The van der Waals surface area contributed by atoms with Gasteiger partial charge in [-0.25, -0.2) is 4.98 Å². The van der Waals surface area contributed by atoms with Crippen molar-refractivity contribution < 1.29 is 21.5 Å². The molecule has 0 amide bonds. The fourth-order valence-corrected chi connectivity index (χ4v) is 4.65. The molecule has 5 aromatic rings. The SMILES string of the molecule is CC[n+]1c2c3c(nc(-c4ccccc4)cc3c3ccccc31)-c1ccccc1-2.[Br-]. The first-order chi connectivity index (χ1) is 13.9. The lowest BCUT2D eigenvalue weighted by Crippen LogP contribution is -3.00. The Hall–Kier alpha value is -3.04. The fourth-order valence-electron chi connectivity index (χ4n) is 4.65. The third-order valence-electron chi connectivity index (χ3n) is 5.83. The smallest absolute Gasteiger partial charge is 0.223 e. The Morgan fingerprint density at radius 2 is 1.45 bits per heavy atom. The van der Waals surface area contributed by atoms with Gasteiger partial charge < -0.3 is 17.0 Å². The summed E-state index contributed by atoms with van der Waals surface area (Å²) in [6, 6.07) is 30.2. The molecule has 6 rings (SSSR count). The average Bonchev–Trinajstić information content (AvgIpc) is 3.10. The fraction of sp³-hybridized carbons (Fsp3) is 0.0769. The molecule has 1 aliphatic rings. The maximum absolute atomic E-state index is 5.15. The molecule has 0 fully saturated rings. The molecule has 0 aliphatic heterocycles. The molecular formula is C26H19BrN2. The Bertz CT molecular complexity index is 1390. The zero-order valence-corrected chi connectivity index (χ0v) is 17.6. The second-order valence-electron chi connectivity index (χ2n) is 7.30. The van der Waals surface area contributed by atoms with E-state index in [1.807, 2.05) is 0 Å². The third-order valence-corrected chi connectivity index (χ3v) is 5.83. The normalized spacial score (nSPS) is 11.5. The number of nitrogens with zero attached hydrogens (tertiary/aromatic N) is 2. The molecule has 0 radical (unpaired) electrons. The van der Waals surface area contributed by atoms with Crippen molar-refractivity contribution in [3.8, 4) is 33.8 Å². The molecule has 0 saturated heterocycles. The number of hydrogen-bond acceptors (Lipinski definition) is 1. The molecule has 1 aliphatic carbocycles. The Balaban J connectivity index is 0.00000181. The van der Waals surface area contributed by atoms with Crippen LogP contribution in [-0.2, 0) is 6.54 Å². The van der Waals surface area contributed by atoms with E-state index >= 15 is 0 Å². The number of aryl methyl sites for hydroxylation is 1. The van der Waals surface area contributed by atoms with Gasteiger partial charge in [-0.3, -0.25) is 0 Å². The molecule has 0 atom stereocenters. The van der Waals surface area contributed by atoms with Gasteiger partial charge in [0.25, 0.3) is 0 Å². The van der Waals surface area contributed by atoms with Crippen molar-refractivity contribution in [2.24, 2.45) is 0 Å². The van der Waals surface area contributed by atoms with Gasteiger partial charge in [-0.1, -0.05) is 60.7 Å². The minimum Gasteiger partial charge on any atom is -1.00 e. The van der Waals surface area contributed by atoms with Gasteiger partial charge in [0.1, 0.15) is 6.54 Å². The maximum atomic E-state index is 5.15. The van der Waals surface area contributed by atoms with Crippen LogP contribution in [0.4, 0.5) is 0 Å². The third kappa shape index (κ3) is 2.47. The summed E-state index contributed by atoms with van der Waals surface area (Å²) in [5, 5.41) is 3.86. The van der Waals surface area contributed by atoms with Crippen LogP contribution in [0.3, 0.4) is 0 Å². The molecule has 2 aromatic heterocycles. The Morgan fingerprint density at radius 1 is 0.759 bits per heavy atom. The Kier molecular flexibility index (Phi) is 4.21. The zero-order chi connectivity index (χ0) is 18.7. The van der Waals surface area contributed by atoms with Crippen molar-refractivity contribution in [3.05, 3.63) is 84.9 Å². The summed E-state index contributed by atoms with van der Waals surface area (Å²) in [6.07, 6.45) is 0. The van der Waals surface area contributed by atoms with Crippen LogP contribution in [0.25, 0.3) is 55.4 Å². The molecule has 3 heteroatoms. The lowest BCUT2D eigenvalue weighted by atomic mass is 10.0. The zero-order valence-electron chi connectivity index (χ0n) is 16.1. The molecule has 2 heterocycles. The van der Waals surface area contributed by atoms with Crippen LogP contribution in [-0.4, -0.2) is 4.98 Å². The van der Waals surface area contributed by atoms with Gasteiger partial charge in [0, 0.05) is 22.6 Å². The second-order valence-corrected chi connectivity index (χ2v) is 7.30. The van der Waals surface area contributed by atoms with E-state index in [0.29, 0.717) is 0 Å². The highest BCUT2D eigenvalue weighted by Crippen LogP contribution is 2.47.